The molecule has 2 aliphatic rings. The molecule has 0 atom stereocenters. The Morgan fingerprint density at radius 1 is 0.918 bits per heavy atom. The van der Waals surface area contributed by atoms with Gasteiger partial charge in [-0.15, -0.1) is 0 Å². The van der Waals surface area contributed by atoms with Crippen molar-refractivity contribution in [3.63, 3.8) is 0 Å². The average Bonchev–Trinajstić information content (AvgIpc) is 3.94. The van der Waals surface area contributed by atoms with E-state index in [4.69, 9.17) is 24.1 Å². The van der Waals surface area contributed by atoms with Crippen LogP contribution in [0.4, 0.5) is 26.3 Å². The lowest BCUT2D eigenvalue weighted by Gasteiger charge is -2.28. The zero-order valence-electron chi connectivity index (χ0n) is 26.8. The van der Waals surface area contributed by atoms with Gasteiger partial charge in [0.25, 0.3) is 5.91 Å². The number of halogens is 6. The van der Waals surface area contributed by atoms with Crippen molar-refractivity contribution in [2.24, 2.45) is 0 Å². The molecule has 1 aliphatic carbocycles. The predicted molar refractivity (Wildman–Crippen MR) is 168 cm³/mol. The highest BCUT2D eigenvalue weighted by Crippen LogP contribution is 2.34. The first-order valence-corrected chi connectivity index (χ1v) is 15.4. The number of rotatable bonds is 12. The highest BCUT2D eigenvalue weighted by molar-refractivity contribution is 6.02. The number of nitrogens with one attached hydrogen (secondary N) is 1. The Morgan fingerprint density at radius 3 is 2.10 bits per heavy atom. The number of carbonyl (C=O) groups excluding carboxylic acids is 1. The number of benzene rings is 3. The average molecular weight is 695 g/mol. The van der Waals surface area contributed by atoms with E-state index in [0.29, 0.717) is 37.4 Å². The zero-order valence-corrected chi connectivity index (χ0v) is 26.8. The van der Waals surface area contributed by atoms with Crippen molar-refractivity contribution in [2.75, 3.05) is 33.9 Å². The fraction of sp³-hybridized carbons (Fsp3) is 0.371. The molecule has 3 aromatic carbocycles. The molecule has 2 N–H and O–H groups in total. The normalized spacial score (nSPS) is 14.4. The van der Waals surface area contributed by atoms with E-state index in [9.17, 15) is 31.1 Å². The highest BCUT2D eigenvalue weighted by Gasteiger charge is 2.38. The van der Waals surface area contributed by atoms with Crippen molar-refractivity contribution in [2.45, 2.75) is 50.9 Å². The van der Waals surface area contributed by atoms with E-state index < -0.39 is 35.3 Å². The molecule has 1 heterocycles. The van der Waals surface area contributed by atoms with E-state index in [0.717, 1.165) is 65.8 Å². The molecule has 49 heavy (non-hydrogen) atoms. The summed E-state index contributed by atoms with van der Waals surface area (Å²) in [5.41, 5.74) is 4.80. The summed E-state index contributed by atoms with van der Waals surface area (Å²) in [5, 5.41) is 10.5. The van der Waals surface area contributed by atoms with Crippen molar-refractivity contribution < 1.29 is 55.2 Å². The van der Waals surface area contributed by atoms with Crippen LogP contribution in [-0.4, -0.2) is 68.0 Å². The molecule has 3 aromatic rings. The van der Waals surface area contributed by atoms with E-state index in [1.54, 1.807) is 14.2 Å². The van der Waals surface area contributed by atoms with Crippen LogP contribution in [0.15, 0.2) is 60.2 Å². The minimum absolute atomic E-state index is 0.0412. The van der Waals surface area contributed by atoms with Crippen molar-refractivity contribution in [1.82, 2.24) is 10.2 Å². The van der Waals surface area contributed by atoms with E-state index in [-0.39, 0.29) is 18.6 Å². The van der Waals surface area contributed by atoms with Gasteiger partial charge in [-0.1, -0.05) is 24.3 Å². The van der Waals surface area contributed by atoms with Gasteiger partial charge in [0.05, 0.1) is 20.8 Å². The van der Waals surface area contributed by atoms with E-state index in [2.05, 4.69) is 5.32 Å². The molecule has 8 nitrogen and oxygen atoms in total. The molecule has 1 amide bonds. The maximum absolute atomic E-state index is 14.0. The number of aliphatic carboxylic acids is 1. The number of nitrogens with zero attached hydrogens (tertiary/aromatic N) is 1. The Morgan fingerprint density at radius 2 is 1.53 bits per heavy atom. The van der Waals surface area contributed by atoms with Crippen LogP contribution in [0.2, 0.25) is 0 Å². The van der Waals surface area contributed by atoms with Gasteiger partial charge in [0.1, 0.15) is 11.5 Å². The molecule has 5 rings (SSSR count). The topological polar surface area (TPSA) is 97.3 Å². The first-order valence-electron chi connectivity index (χ1n) is 15.4. The number of carbonyl (C=O) groups is 2. The number of hydrogen-bond acceptors (Lipinski definition) is 6. The first kappa shape index (κ1) is 37.1. The Balaban J connectivity index is 0.000000698. The van der Waals surface area contributed by atoms with Crippen LogP contribution < -0.4 is 19.5 Å². The lowest BCUT2D eigenvalue weighted by molar-refractivity contribution is -0.192. The molecule has 14 heteroatoms. The third-order valence-electron chi connectivity index (χ3n) is 7.89. The van der Waals surface area contributed by atoms with Crippen molar-refractivity contribution in [1.29, 1.82) is 0 Å². The Labute approximate surface area is 279 Å². The maximum Gasteiger partial charge on any atom is 0.490 e. The van der Waals surface area contributed by atoms with Crippen molar-refractivity contribution >= 4 is 17.4 Å². The van der Waals surface area contributed by atoms with Gasteiger partial charge < -0.3 is 29.5 Å². The minimum Gasteiger partial charge on any atom is -0.497 e. The fourth-order valence-corrected chi connectivity index (χ4v) is 5.25. The molecule has 0 bridgehead atoms. The molecule has 0 aromatic heterocycles. The summed E-state index contributed by atoms with van der Waals surface area (Å²) in [6.45, 7) is 1.81. The quantitative estimate of drug-likeness (QED) is 0.124. The molecule has 0 spiro atoms. The van der Waals surface area contributed by atoms with Gasteiger partial charge in [0.15, 0.2) is 17.4 Å². The molecule has 264 valence electrons. The number of methoxy groups -OCH3 is 2. The van der Waals surface area contributed by atoms with E-state index >= 15 is 0 Å². The van der Waals surface area contributed by atoms with Gasteiger partial charge in [-0.3, -0.25) is 4.79 Å². The van der Waals surface area contributed by atoms with Crippen LogP contribution in [0.25, 0.3) is 5.57 Å². The summed E-state index contributed by atoms with van der Waals surface area (Å²) < 4.78 is 88.7. The molecule has 0 radical (unpaired) electrons. The second kappa shape index (κ2) is 16.6. The Hall–Kier alpha value is -4.72. The van der Waals surface area contributed by atoms with Gasteiger partial charge in [-0.25, -0.2) is 13.6 Å². The van der Waals surface area contributed by atoms with Crippen LogP contribution >= 0.6 is 0 Å². The largest absolute Gasteiger partial charge is 0.497 e. The van der Waals surface area contributed by atoms with Gasteiger partial charge in [0.2, 0.25) is 5.82 Å². The van der Waals surface area contributed by atoms with Crippen LogP contribution in [0.5, 0.6) is 17.2 Å². The monoisotopic (exact) mass is 694 g/mol. The Kier molecular flexibility index (Phi) is 12.6. The number of carboxylic acid groups (broad SMARTS) is 1. The second-order valence-corrected chi connectivity index (χ2v) is 11.4. The van der Waals surface area contributed by atoms with Gasteiger partial charge in [-0.05, 0) is 85.2 Å². The van der Waals surface area contributed by atoms with Gasteiger partial charge >= 0.3 is 12.1 Å². The molecule has 1 fully saturated rings. The molecule has 1 saturated carbocycles. The van der Waals surface area contributed by atoms with Gasteiger partial charge in [0, 0.05) is 30.8 Å². The number of amides is 1. The molecular weight excluding hydrogens is 658 g/mol. The first-order chi connectivity index (χ1) is 23.3. The van der Waals surface area contributed by atoms with Crippen molar-refractivity contribution in [3.8, 4) is 17.2 Å². The molecular formula is C35H36F6N2O6. The van der Waals surface area contributed by atoms with Crippen LogP contribution in [0.3, 0.4) is 0 Å². The lowest BCUT2D eigenvalue weighted by atomic mass is 9.92. The maximum atomic E-state index is 14.0. The highest BCUT2D eigenvalue weighted by atomic mass is 19.4. The Bertz CT molecular complexity index is 1640. The summed E-state index contributed by atoms with van der Waals surface area (Å²) in [6, 6.07) is 15.5. The minimum atomic E-state index is -5.08. The number of hydrogen-bond donors (Lipinski definition) is 2. The van der Waals surface area contributed by atoms with Gasteiger partial charge in [-0.2, -0.15) is 17.6 Å². The van der Waals surface area contributed by atoms with Crippen LogP contribution in [0.1, 0.15) is 42.4 Å². The number of alkyl halides is 3. The summed E-state index contributed by atoms with van der Waals surface area (Å²) in [7, 11) is 3.23. The van der Waals surface area contributed by atoms with Crippen molar-refractivity contribution in [3.05, 3.63) is 94.3 Å². The fourth-order valence-electron chi connectivity index (χ4n) is 5.25. The van der Waals surface area contributed by atoms with E-state index in [1.807, 2.05) is 47.4 Å². The van der Waals surface area contributed by atoms with Crippen LogP contribution in [-0.2, 0) is 22.6 Å². The summed E-state index contributed by atoms with van der Waals surface area (Å²) in [4.78, 5) is 24.8. The predicted octanol–water partition coefficient (Wildman–Crippen LogP) is 6.70. The third kappa shape index (κ3) is 10.1. The summed E-state index contributed by atoms with van der Waals surface area (Å²) in [6.07, 6.45) is -1.26. The number of carboxylic acids is 1. The van der Waals surface area contributed by atoms with E-state index in [1.165, 1.54) is 0 Å². The smallest absolute Gasteiger partial charge is 0.490 e. The molecule has 0 unspecified atom stereocenters. The second-order valence-electron chi connectivity index (χ2n) is 11.4. The van der Waals surface area contributed by atoms with Crippen LogP contribution in [0, 0.1) is 17.5 Å². The molecule has 1 aliphatic heterocycles. The summed E-state index contributed by atoms with van der Waals surface area (Å²) in [5.74, 6) is -5.42. The summed E-state index contributed by atoms with van der Waals surface area (Å²) >= 11 is 0. The number of aryl methyl sites for hydroxylation is 1. The lowest BCUT2D eigenvalue weighted by Crippen LogP contribution is -2.39. The zero-order chi connectivity index (χ0) is 35.7. The SMILES string of the molecule is COc1cc(CN(C(=O)C2=C(c3ccc(CCCOc4c(F)ccc(F)c4F)cc3)CCNC2)C2CC2)cc(OC)c1.O=C(O)C(F)(F)F. The standard InChI is InChI=1S/C33H35F3N2O4.C2HF3O2/c1-40-25-16-22(17-26(18-25)41-2)20-38(24-9-10-24)33(39)28-19-37-14-13-27(28)23-7-5-21(6-8-23)4-3-15-42-32-30(35)12-11-29(34)31(32)36;3-2(4,5)1(6)7/h5-8,11-12,16-18,24,37H,3-4,9-10,13-15,19-20H2,1-2H3;(H,6,7). The third-order valence-corrected chi connectivity index (χ3v) is 7.89. The molecule has 0 saturated heterocycles. The number of ether oxygens (including phenoxy) is 3.